The molecule has 156 valence electrons. The minimum Gasteiger partial charge on any atom is -0.378 e. The molecule has 3 aromatic rings. The number of ether oxygens (including phenoxy) is 1. The van der Waals surface area contributed by atoms with E-state index in [9.17, 15) is 4.79 Å². The van der Waals surface area contributed by atoms with Crippen LogP contribution >= 0.6 is 23.1 Å². The summed E-state index contributed by atoms with van der Waals surface area (Å²) in [5, 5.41) is 8.49. The molecular weight excluding hydrogens is 422 g/mol. The van der Waals surface area contributed by atoms with E-state index in [2.05, 4.69) is 35.5 Å². The fraction of sp³-hybridized carbons (Fsp3) is 0.316. The van der Waals surface area contributed by atoms with E-state index in [1.54, 1.807) is 6.20 Å². The first kappa shape index (κ1) is 20.5. The molecule has 4 rings (SSSR count). The van der Waals surface area contributed by atoms with Crippen molar-refractivity contribution in [3.63, 3.8) is 0 Å². The molecule has 2 N–H and O–H groups in total. The number of amides is 1. The van der Waals surface area contributed by atoms with Crippen LogP contribution in [0.1, 0.15) is 6.92 Å². The first-order valence-corrected chi connectivity index (χ1v) is 11.2. The molecule has 2 aromatic heterocycles. The maximum atomic E-state index is 12.5. The molecule has 11 heteroatoms. The van der Waals surface area contributed by atoms with Crippen molar-refractivity contribution in [1.82, 2.24) is 19.9 Å². The van der Waals surface area contributed by atoms with Crippen LogP contribution in [0.2, 0.25) is 0 Å². The third-order valence-corrected chi connectivity index (χ3v) is 5.89. The van der Waals surface area contributed by atoms with Crippen molar-refractivity contribution in [2.75, 3.05) is 41.8 Å². The minimum atomic E-state index is -0.404. The normalized spacial score (nSPS) is 14.9. The van der Waals surface area contributed by atoms with Gasteiger partial charge < -0.3 is 20.3 Å². The number of nitrogens with one attached hydrogen (secondary N) is 2. The Labute approximate surface area is 182 Å². The Morgan fingerprint density at radius 1 is 1.20 bits per heavy atom. The predicted octanol–water partition coefficient (Wildman–Crippen LogP) is 3.03. The summed E-state index contributed by atoms with van der Waals surface area (Å²) in [6.45, 7) is 4.48. The smallest absolute Gasteiger partial charge is 0.239 e. The Bertz CT molecular complexity index is 966. The topological polar surface area (TPSA) is 105 Å². The number of morpholine rings is 1. The number of para-hydroxylation sites is 1. The van der Waals surface area contributed by atoms with Crippen LogP contribution in [0, 0.1) is 0 Å². The Hall–Kier alpha value is -2.76. The van der Waals surface area contributed by atoms with Gasteiger partial charge in [-0.1, -0.05) is 30.0 Å². The number of thioether (sulfide) groups is 1. The van der Waals surface area contributed by atoms with Crippen molar-refractivity contribution in [3.05, 3.63) is 41.9 Å². The summed E-state index contributed by atoms with van der Waals surface area (Å²) in [4.78, 5) is 32.3. The van der Waals surface area contributed by atoms with E-state index in [0.29, 0.717) is 48.5 Å². The number of hydrogen-bond acceptors (Lipinski definition) is 10. The highest BCUT2D eigenvalue weighted by atomic mass is 32.2. The highest BCUT2D eigenvalue weighted by molar-refractivity contribution is 8.00. The summed E-state index contributed by atoms with van der Waals surface area (Å²) in [6, 6.07) is 9.70. The Kier molecular flexibility index (Phi) is 6.72. The van der Waals surface area contributed by atoms with Crippen molar-refractivity contribution >= 4 is 51.7 Å². The maximum absolute atomic E-state index is 12.5. The Balaban J connectivity index is 1.54. The lowest BCUT2D eigenvalue weighted by atomic mass is 10.3. The maximum Gasteiger partial charge on any atom is 0.239 e. The highest BCUT2D eigenvalue weighted by Crippen LogP contribution is 2.25. The number of thiazole rings is 1. The zero-order valence-electron chi connectivity index (χ0n) is 16.3. The van der Waals surface area contributed by atoms with E-state index in [-0.39, 0.29) is 5.91 Å². The molecule has 1 amide bonds. The number of rotatable bonds is 7. The summed E-state index contributed by atoms with van der Waals surface area (Å²) in [6.07, 6.45) is 1.65. The zero-order valence-corrected chi connectivity index (χ0v) is 17.9. The van der Waals surface area contributed by atoms with Gasteiger partial charge in [0.05, 0.1) is 18.5 Å². The number of hydrogen-bond donors (Lipinski definition) is 2. The number of nitrogens with zero attached hydrogens (tertiary/aromatic N) is 5. The van der Waals surface area contributed by atoms with Crippen LogP contribution in [0.15, 0.2) is 47.1 Å². The summed E-state index contributed by atoms with van der Waals surface area (Å²) in [5.74, 6) is 0.857. The average molecular weight is 444 g/mol. The summed E-state index contributed by atoms with van der Waals surface area (Å²) in [5.41, 5.74) is 0.877. The lowest BCUT2D eigenvalue weighted by Crippen LogP contribution is -2.37. The van der Waals surface area contributed by atoms with Gasteiger partial charge in [0.1, 0.15) is 0 Å². The van der Waals surface area contributed by atoms with Gasteiger partial charge >= 0.3 is 0 Å². The number of carbonyl (C=O) groups excluding carboxylic acids is 1. The Morgan fingerprint density at radius 2 is 2.00 bits per heavy atom. The van der Waals surface area contributed by atoms with Gasteiger partial charge in [-0.25, -0.2) is 4.98 Å². The first-order chi connectivity index (χ1) is 14.7. The molecule has 1 atom stereocenters. The monoisotopic (exact) mass is 443 g/mol. The van der Waals surface area contributed by atoms with Crippen molar-refractivity contribution in [3.8, 4) is 0 Å². The van der Waals surface area contributed by atoms with Crippen LogP contribution in [0.25, 0.3) is 0 Å². The number of carbonyl (C=O) groups is 1. The molecule has 0 unspecified atom stereocenters. The standard InChI is InChI=1S/C19H21N7O2S2/c1-13(15(27)22-18-20-7-12-29-18)30-19-24-16(21-14-5-3-2-4-6-14)23-17(25-19)26-8-10-28-11-9-26/h2-7,12-13H,8-11H2,1H3,(H,20,22,27)(H,21,23,24,25)/t13-/m1/s1. The van der Waals surface area contributed by atoms with Crippen LogP contribution in [0.5, 0.6) is 0 Å². The molecule has 0 aliphatic carbocycles. The van der Waals surface area contributed by atoms with E-state index in [1.165, 1.54) is 23.1 Å². The molecule has 0 spiro atoms. The second-order valence-corrected chi connectivity index (χ2v) is 8.62. The molecule has 1 saturated heterocycles. The van der Waals surface area contributed by atoms with Gasteiger partial charge in [-0.15, -0.1) is 11.3 Å². The molecule has 30 heavy (non-hydrogen) atoms. The second-order valence-electron chi connectivity index (χ2n) is 6.42. The van der Waals surface area contributed by atoms with Gasteiger partial charge in [0, 0.05) is 30.4 Å². The molecule has 0 saturated carbocycles. The molecule has 1 aliphatic heterocycles. The largest absolute Gasteiger partial charge is 0.378 e. The van der Waals surface area contributed by atoms with E-state index in [0.717, 1.165) is 5.69 Å². The molecule has 9 nitrogen and oxygen atoms in total. The third-order valence-electron chi connectivity index (χ3n) is 4.24. The second kappa shape index (κ2) is 9.83. The lowest BCUT2D eigenvalue weighted by molar-refractivity contribution is -0.115. The van der Waals surface area contributed by atoms with E-state index >= 15 is 0 Å². The fourth-order valence-corrected chi connectivity index (χ4v) is 4.00. The molecule has 0 radical (unpaired) electrons. The van der Waals surface area contributed by atoms with Crippen molar-refractivity contribution in [1.29, 1.82) is 0 Å². The van der Waals surface area contributed by atoms with Crippen LogP contribution < -0.4 is 15.5 Å². The van der Waals surface area contributed by atoms with Crippen LogP contribution in [0.4, 0.5) is 22.7 Å². The molecule has 3 heterocycles. The molecule has 1 aromatic carbocycles. The quantitative estimate of drug-likeness (QED) is 0.533. The number of aromatic nitrogens is 4. The number of benzene rings is 1. The minimum absolute atomic E-state index is 0.152. The van der Waals surface area contributed by atoms with Gasteiger partial charge in [-0.05, 0) is 19.1 Å². The lowest BCUT2D eigenvalue weighted by Gasteiger charge is -2.27. The molecule has 0 bridgehead atoms. The zero-order chi connectivity index (χ0) is 20.8. The molecule has 1 fully saturated rings. The average Bonchev–Trinajstić information content (AvgIpc) is 3.28. The number of anilines is 4. The van der Waals surface area contributed by atoms with Gasteiger partial charge in [-0.3, -0.25) is 4.79 Å². The molecule has 1 aliphatic rings. The van der Waals surface area contributed by atoms with E-state index in [1.807, 2.05) is 42.6 Å². The van der Waals surface area contributed by atoms with Crippen molar-refractivity contribution in [2.45, 2.75) is 17.3 Å². The van der Waals surface area contributed by atoms with Crippen LogP contribution in [-0.2, 0) is 9.53 Å². The van der Waals surface area contributed by atoms with E-state index in [4.69, 9.17) is 4.74 Å². The predicted molar refractivity (Wildman–Crippen MR) is 119 cm³/mol. The van der Waals surface area contributed by atoms with Crippen LogP contribution in [-0.4, -0.2) is 57.4 Å². The van der Waals surface area contributed by atoms with Crippen molar-refractivity contribution in [2.24, 2.45) is 0 Å². The Morgan fingerprint density at radius 3 is 2.73 bits per heavy atom. The van der Waals surface area contributed by atoms with Crippen LogP contribution in [0.3, 0.4) is 0 Å². The van der Waals surface area contributed by atoms with E-state index < -0.39 is 5.25 Å². The summed E-state index contributed by atoms with van der Waals surface area (Å²) in [7, 11) is 0. The first-order valence-electron chi connectivity index (χ1n) is 9.45. The van der Waals surface area contributed by atoms with Gasteiger partial charge in [-0.2, -0.15) is 15.0 Å². The van der Waals surface area contributed by atoms with Crippen molar-refractivity contribution < 1.29 is 9.53 Å². The molecular formula is C19H21N7O2S2. The van der Waals surface area contributed by atoms with Gasteiger partial charge in [0.15, 0.2) is 10.3 Å². The third kappa shape index (κ3) is 5.43. The SMILES string of the molecule is C[C@@H](Sc1nc(Nc2ccccc2)nc(N2CCOCC2)n1)C(=O)Nc1nccs1. The fourth-order valence-electron chi connectivity index (χ4n) is 2.71. The van der Waals surface area contributed by atoms with Gasteiger partial charge in [0.2, 0.25) is 17.8 Å². The summed E-state index contributed by atoms with van der Waals surface area (Å²) < 4.78 is 5.43. The van der Waals surface area contributed by atoms with Gasteiger partial charge in [0.25, 0.3) is 0 Å². The highest BCUT2D eigenvalue weighted by Gasteiger charge is 2.21. The summed E-state index contributed by atoms with van der Waals surface area (Å²) >= 11 is 2.66.